The third-order valence-electron chi connectivity index (χ3n) is 5.24. The topological polar surface area (TPSA) is 88.4 Å². The van der Waals surface area contributed by atoms with Crippen LogP contribution in [0.3, 0.4) is 0 Å². The fraction of sp³-hybridized carbons (Fsp3) is 0.500. The molecule has 0 aliphatic carbocycles. The van der Waals surface area contributed by atoms with E-state index in [-0.39, 0.29) is 6.42 Å². The van der Waals surface area contributed by atoms with Crippen LogP contribution in [0.1, 0.15) is 37.9 Å². The first-order chi connectivity index (χ1) is 12.8. The van der Waals surface area contributed by atoms with Gasteiger partial charge in [-0.15, -0.1) is 0 Å². The smallest absolute Gasteiger partial charge is 0.307 e. The van der Waals surface area contributed by atoms with Crippen LogP contribution in [0, 0.1) is 12.3 Å². The average Bonchev–Trinajstić information content (AvgIpc) is 2.63. The molecule has 3 rings (SSSR count). The highest BCUT2D eigenvalue weighted by Crippen LogP contribution is 2.39. The molecule has 2 aromatic heterocycles. The molecular weight excluding hydrogens is 344 g/mol. The number of piperidine rings is 1. The number of carboxylic acid groups (broad SMARTS) is 1. The molecule has 0 unspecified atom stereocenters. The number of aryl methyl sites for hydroxylation is 1. The van der Waals surface area contributed by atoms with Crippen molar-refractivity contribution in [2.24, 2.45) is 5.41 Å². The van der Waals surface area contributed by atoms with Gasteiger partial charge in [-0.25, -0.2) is 9.97 Å². The van der Waals surface area contributed by atoms with Gasteiger partial charge in [0, 0.05) is 36.1 Å². The molecule has 0 amide bonds. The Hall–Kier alpha value is -2.70. The van der Waals surface area contributed by atoms with E-state index in [1.54, 1.807) is 25.7 Å². The summed E-state index contributed by atoms with van der Waals surface area (Å²) in [6.45, 7) is 8.16. The standard InChI is InChI=1S/C20H26N4O3/c1-13-14(9-18(25)26)19(24-7-5-20(2,3)6-8-24)15(10-21-13)16-11-23-17(27-4)12-22-16/h10-12H,5-9H2,1-4H3,(H,25,26). The molecule has 0 atom stereocenters. The van der Waals surface area contributed by atoms with Crippen LogP contribution in [0.15, 0.2) is 18.6 Å². The van der Waals surface area contributed by atoms with Crippen molar-refractivity contribution < 1.29 is 14.6 Å². The lowest BCUT2D eigenvalue weighted by molar-refractivity contribution is -0.136. The Labute approximate surface area is 159 Å². The van der Waals surface area contributed by atoms with Crippen LogP contribution in [0.25, 0.3) is 11.3 Å². The molecule has 7 heteroatoms. The Kier molecular flexibility index (Phi) is 5.30. The summed E-state index contributed by atoms with van der Waals surface area (Å²) in [7, 11) is 1.54. The second-order valence-electron chi connectivity index (χ2n) is 7.75. The van der Waals surface area contributed by atoms with E-state index in [4.69, 9.17) is 4.74 Å². The lowest BCUT2D eigenvalue weighted by Gasteiger charge is -2.39. The normalized spacial score (nSPS) is 16.2. The molecule has 0 aromatic carbocycles. The maximum atomic E-state index is 11.5. The van der Waals surface area contributed by atoms with E-state index in [2.05, 4.69) is 33.7 Å². The van der Waals surface area contributed by atoms with Gasteiger partial charge in [-0.05, 0) is 25.2 Å². The van der Waals surface area contributed by atoms with Crippen molar-refractivity contribution in [3.05, 3.63) is 29.8 Å². The molecule has 1 aliphatic rings. The number of carboxylic acids is 1. The first-order valence-corrected chi connectivity index (χ1v) is 9.12. The molecule has 7 nitrogen and oxygen atoms in total. The summed E-state index contributed by atoms with van der Waals surface area (Å²) >= 11 is 0. The quantitative estimate of drug-likeness (QED) is 0.865. The Morgan fingerprint density at radius 1 is 1.19 bits per heavy atom. The first-order valence-electron chi connectivity index (χ1n) is 9.12. The number of pyridine rings is 1. The van der Waals surface area contributed by atoms with Crippen LogP contribution in [0.5, 0.6) is 5.88 Å². The molecule has 1 fully saturated rings. The summed E-state index contributed by atoms with van der Waals surface area (Å²) < 4.78 is 5.09. The number of aromatic nitrogens is 3. The number of rotatable bonds is 5. The average molecular weight is 370 g/mol. The van der Waals surface area contributed by atoms with Crippen LogP contribution in [-0.2, 0) is 11.2 Å². The van der Waals surface area contributed by atoms with Gasteiger partial charge in [-0.2, -0.15) is 0 Å². The van der Waals surface area contributed by atoms with Gasteiger partial charge in [0.2, 0.25) is 5.88 Å². The van der Waals surface area contributed by atoms with Crippen LogP contribution < -0.4 is 9.64 Å². The van der Waals surface area contributed by atoms with Crippen LogP contribution >= 0.6 is 0 Å². The summed E-state index contributed by atoms with van der Waals surface area (Å²) in [4.78, 5) is 26.9. The number of hydrogen-bond donors (Lipinski definition) is 1. The van der Waals surface area contributed by atoms with Gasteiger partial charge in [0.15, 0.2) is 0 Å². The highest BCUT2D eigenvalue weighted by molar-refractivity contribution is 5.83. The number of ether oxygens (including phenoxy) is 1. The van der Waals surface area contributed by atoms with Crippen molar-refractivity contribution in [1.82, 2.24) is 15.0 Å². The second kappa shape index (κ2) is 7.50. The van der Waals surface area contributed by atoms with Crippen molar-refractivity contribution >= 4 is 11.7 Å². The van der Waals surface area contributed by atoms with Crippen LogP contribution in [-0.4, -0.2) is 46.2 Å². The number of methoxy groups -OCH3 is 1. The van der Waals surface area contributed by atoms with Crippen LogP contribution in [0.2, 0.25) is 0 Å². The van der Waals surface area contributed by atoms with Crippen molar-refractivity contribution in [2.75, 3.05) is 25.1 Å². The zero-order chi connectivity index (χ0) is 19.6. The SMILES string of the molecule is COc1cnc(-c2cnc(C)c(CC(=O)O)c2N2CCC(C)(C)CC2)cn1. The number of carbonyl (C=O) groups is 1. The maximum Gasteiger partial charge on any atom is 0.307 e. The maximum absolute atomic E-state index is 11.5. The minimum atomic E-state index is -0.864. The van der Waals surface area contributed by atoms with Crippen LogP contribution in [0.4, 0.5) is 5.69 Å². The Morgan fingerprint density at radius 2 is 1.89 bits per heavy atom. The van der Waals surface area contributed by atoms with Gasteiger partial charge < -0.3 is 14.7 Å². The largest absolute Gasteiger partial charge is 0.481 e. The lowest BCUT2D eigenvalue weighted by atomic mass is 9.82. The Balaban J connectivity index is 2.10. The summed E-state index contributed by atoms with van der Waals surface area (Å²) in [5.41, 5.74) is 4.17. The van der Waals surface area contributed by atoms with Crippen molar-refractivity contribution in [2.45, 2.75) is 40.0 Å². The fourth-order valence-corrected chi connectivity index (χ4v) is 3.44. The number of hydrogen-bond acceptors (Lipinski definition) is 6. The predicted molar refractivity (Wildman–Crippen MR) is 103 cm³/mol. The molecular formula is C20H26N4O3. The van der Waals surface area contributed by atoms with E-state index in [0.717, 1.165) is 48.4 Å². The van der Waals surface area contributed by atoms with Gasteiger partial charge in [0.25, 0.3) is 0 Å². The lowest BCUT2D eigenvalue weighted by Crippen LogP contribution is -2.38. The summed E-state index contributed by atoms with van der Waals surface area (Å²) in [5, 5.41) is 9.44. The number of nitrogens with zero attached hydrogens (tertiary/aromatic N) is 4. The van der Waals surface area contributed by atoms with E-state index in [9.17, 15) is 9.90 Å². The van der Waals surface area contributed by atoms with Gasteiger partial charge in [-0.3, -0.25) is 9.78 Å². The fourth-order valence-electron chi connectivity index (χ4n) is 3.44. The predicted octanol–water partition coefficient (Wildman–Crippen LogP) is 3.11. The Morgan fingerprint density at radius 3 is 2.44 bits per heavy atom. The van der Waals surface area contributed by atoms with Gasteiger partial charge in [0.1, 0.15) is 0 Å². The third kappa shape index (κ3) is 4.18. The highest BCUT2D eigenvalue weighted by Gasteiger charge is 2.29. The molecule has 1 saturated heterocycles. The molecule has 144 valence electrons. The van der Waals surface area contributed by atoms with Gasteiger partial charge in [0.05, 0.1) is 37.3 Å². The molecule has 0 spiro atoms. The summed E-state index contributed by atoms with van der Waals surface area (Å²) in [5.74, 6) is -0.428. The molecule has 1 N–H and O–H groups in total. The molecule has 0 radical (unpaired) electrons. The van der Waals surface area contributed by atoms with Crippen molar-refractivity contribution in [1.29, 1.82) is 0 Å². The number of anilines is 1. The van der Waals surface area contributed by atoms with E-state index in [1.165, 1.54) is 0 Å². The zero-order valence-corrected chi connectivity index (χ0v) is 16.3. The summed E-state index contributed by atoms with van der Waals surface area (Å²) in [6, 6.07) is 0. The molecule has 1 aliphatic heterocycles. The molecule has 0 saturated carbocycles. The molecule has 3 heterocycles. The van der Waals surface area contributed by atoms with Crippen molar-refractivity contribution in [3.8, 4) is 17.1 Å². The minimum Gasteiger partial charge on any atom is -0.481 e. The molecule has 2 aromatic rings. The van der Waals surface area contributed by atoms with Gasteiger partial charge in [-0.1, -0.05) is 13.8 Å². The van der Waals surface area contributed by atoms with E-state index >= 15 is 0 Å². The van der Waals surface area contributed by atoms with E-state index in [1.807, 2.05) is 6.92 Å². The monoisotopic (exact) mass is 370 g/mol. The summed E-state index contributed by atoms with van der Waals surface area (Å²) in [6.07, 6.45) is 7.02. The first kappa shape index (κ1) is 19.1. The van der Waals surface area contributed by atoms with E-state index < -0.39 is 5.97 Å². The van der Waals surface area contributed by atoms with Gasteiger partial charge >= 0.3 is 5.97 Å². The third-order valence-corrected chi connectivity index (χ3v) is 5.24. The van der Waals surface area contributed by atoms with E-state index in [0.29, 0.717) is 17.0 Å². The second-order valence-corrected chi connectivity index (χ2v) is 7.75. The molecule has 27 heavy (non-hydrogen) atoms. The zero-order valence-electron chi connectivity index (χ0n) is 16.3. The highest BCUT2D eigenvalue weighted by atomic mass is 16.5. The molecule has 0 bridgehead atoms. The minimum absolute atomic E-state index is 0.0640. The van der Waals surface area contributed by atoms with Crippen molar-refractivity contribution in [3.63, 3.8) is 0 Å². The number of aliphatic carboxylic acids is 1. The Bertz CT molecular complexity index is 824.